The normalized spacial score (nSPS) is 19.2. The number of anilines is 1. The molecule has 0 aliphatic carbocycles. The molecule has 2 heterocycles. The molecule has 0 saturated carbocycles. The van der Waals surface area contributed by atoms with E-state index in [4.69, 9.17) is 18.0 Å². The molecule has 1 aromatic heterocycles. The van der Waals surface area contributed by atoms with Crippen molar-refractivity contribution in [2.24, 2.45) is 5.73 Å². The second kappa shape index (κ2) is 5.30. The Labute approximate surface area is 111 Å². The van der Waals surface area contributed by atoms with Crippen LogP contribution in [0.5, 0.6) is 0 Å². The Morgan fingerprint density at radius 3 is 3.06 bits per heavy atom. The van der Waals surface area contributed by atoms with Gasteiger partial charge in [-0.2, -0.15) is 0 Å². The van der Waals surface area contributed by atoms with Gasteiger partial charge in [-0.3, -0.25) is 4.79 Å². The Bertz CT molecular complexity index is 489. The number of piperidine rings is 1. The predicted octanol–water partition coefficient (Wildman–Crippen LogP) is 0.715. The van der Waals surface area contributed by atoms with Crippen molar-refractivity contribution in [3.05, 3.63) is 23.4 Å². The van der Waals surface area contributed by atoms with Gasteiger partial charge in [0, 0.05) is 17.8 Å². The lowest BCUT2D eigenvalue weighted by atomic mass is 10.1. The van der Waals surface area contributed by atoms with E-state index in [9.17, 15) is 4.79 Å². The van der Waals surface area contributed by atoms with Crippen LogP contribution in [-0.4, -0.2) is 28.5 Å². The number of hydrogen-bond acceptors (Lipinski definition) is 4. The molecule has 5 nitrogen and oxygen atoms in total. The van der Waals surface area contributed by atoms with Crippen molar-refractivity contribution in [2.45, 2.75) is 25.8 Å². The van der Waals surface area contributed by atoms with Gasteiger partial charge in [-0.25, -0.2) is 4.98 Å². The van der Waals surface area contributed by atoms with E-state index in [1.165, 1.54) is 0 Å². The molecule has 1 aromatic rings. The molecule has 1 fully saturated rings. The Hall–Kier alpha value is -1.69. The standard InChI is InChI=1S/C12H16N4OS/c1-7-5-8(11(13)18)6-10(15-7)16-9-3-2-4-14-12(9)17/h5-6,9H,2-4H2,1H3,(H2,13,18)(H,14,17)(H,15,16). The molecular formula is C12H16N4OS. The topological polar surface area (TPSA) is 80.0 Å². The number of carbonyl (C=O) groups excluding carboxylic acids is 1. The Morgan fingerprint density at radius 1 is 1.61 bits per heavy atom. The average molecular weight is 264 g/mol. The zero-order chi connectivity index (χ0) is 13.1. The second-order valence-corrected chi connectivity index (χ2v) is 4.82. The zero-order valence-electron chi connectivity index (χ0n) is 10.2. The van der Waals surface area contributed by atoms with Crippen LogP contribution in [0.2, 0.25) is 0 Å². The fourth-order valence-corrected chi connectivity index (χ4v) is 2.09. The summed E-state index contributed by atoms with van der Waals surface area (Å²) in [7, 11) is 0. The SMILES string of the molecule is Cc1cc(C(N)=S)cc(NC2CCCNC2=O)n1. The number of nitrogens with one attached hydrogen (secondary N) is 2. The first kappa shape index (κ1) is 12.8. The minimum Gasteiger partial charge on any atom is -0.389 e. The highest BCUT2D eigenvalue weighted by Crippen LogP contribution is 2.14. The van der Waals surface area contributed by atoms with E-state index in [0.717, 1.165) is 30.6 Å². The summed E-state index contributed by atoms with van der Waals surface area (Å²) < 4.78 is 0. The quantitative estimate of drug-likeness (QED) is 0.701. The van der Waals surface area contributed by atoms with E-state index >= 15 is 0 Å². The number of thiocarbonyl (C=S) groups is 1. The lowest BCUT2D eigenvalue weighted by molar-refractivity contribution is -0.123. The van der Waals surface area contributed by atoms with Crippen LogP contribution in [0, 0.1) is 6.92 Å². The van der Waals surface area contributed by atoms with E-state index in [1.807, 2.05) is 13.0 Å². The molecule has 1 amide bonds. The summed E-state index contributed by atoms with van der Waals surface area (Å²) >= 11 is 4.95. The van der Waals surface area contributed by atoms with Gasteiger partial charge in [-0.15, -0.1) is 0 Å². The Kier molecular flexibility index (Phi) is 3.76. The molecule has 0 aromatic carbocycles. The molecule has 1 aliphatic rings. The highest BCUT2D eigenvalue weighted by atomic mass is 32.1. The van der Waals surface area contributed by atoms with Gasteiger partial charge in [0.05, 0.1) is 0 Å². The number of nitrogens with zero attached hydrogens (tertiary/aromatic N) is 1. The van der Waals surface area contributed by atoms with E-state index in [0.29, 0.717) is 10.8 Å². The summed E-state index contributed by atoms with van der Waals surface area (Å²) in [6.45, 7) is 2.62. The first-order chi connectivity index (χ1) is 8.56. The van der Waals surface area contributed by atoms with Gasteiger partial charge in [0.1, 0.15) is 16.8 Å². The van der Waals surface area contributed by atoms with Crippen LogP contribution in [0.15, 0.2) is 12.1 Å². The number of amides is 1. The molecule has 0 bridgehead atoms. The summed E-state index contributed by atoms with van der Waals surface area (Å²) in [6.07, 6.45) is 1.78. The van der Waals surface area contributed by atoms with E-state index < -0.39 is 0 Å². The monoisotopic (exact) mass is 264 g/mol. The molecule has 2 rings (SSSR count). The van der Waals surface area contributed by atoms with E-state index in [2.05, 4.69) is 15.6 Å². The maximum Gasteiger partial charge on any atom is 0.242 e. The van der Waals surface area contributed by atoms with E-state index in [-0.39, 0.29) is 11.9 Å². The van der Waals surface area contributed by atoms with Gasteiger partial charge >= 0.3 is 0 Å². The van der Waals surface area contributed by atoms with Crippen LogP contribution in [0.4, 0.5) is 5.82 Å². The molecule has 96 valence electrons. The van der Waals surface area contributed by atoms with Crippen LogP contribution in [-0.2, 0) is 4.79 Å². The maximum atomic E-state index is 11.7. The predicted molar refractivity (Wildman–Crippen MR) is 74.5 cm³/mol. The van der Waals surface area contributed by atoms with Crippen molar-refractivity contribution in [1.29, 1.82) is 0 Å². The van der Waals surface area contributed by atoms with E-state index in [1.54, 1.807) is 6.07 Å². The Balaban J connectivity index is 2.17. The van der Waals surface area contributed by atoms with Crippen molar-refractivity contribution >= 4 is 28.9 Å². The number of pyridine rings is 1. The second-order valence-electron chi connectivity index (χ2n) is 4.38. The van der Waals surface area contributed by atoms with Crippen LogP contribution < -0.4 is 16.4 Å². The fraction of sp³-hybridized carbons (Fsp3) is 0.417. The number of rotatable bonds is 3. The van der Waals surface area contributed by atoms with Crippen molar-refractivity contribution < 1.29 is 4.79 Å². The number of nitrogens with two attached hydrogens (primary N) is 1. The van der Waals surface area contributed by atoms with Gasteiger partial charge in [0.25, 0.3) is 0 Å². The largest absolute Gasteiger partial charge is 0.389 e. The van der Waals surface area contributed by atoms with Gasteiger partial charge in [0.2, 0.25) is 5.91 Å². The number of aryl methyl sites for hydroxylation is 1. The van der Waals surface area contributed by atoms with Crippen LogP contribution in [0.3, 0.4) is 0 Å². The first-order valence-electron chi connectivity index (χ1n) is 5.89. The molecule has 6 heteroatoms. The number of aromatic nitrogens is 1. The summed E-state index contributed by atoms with van der Waals surface area (Å²) in [4.78, 5) is 16.3. The van der Waals surface area contributed by atoms with Gasteiger partial charge in [0.15, 0.2) is 0 Å². The summed E-state index contributed by atoms with van der Waals surface area (Å²) in [5.74, 6) is 0.654. The third-order valence-corrected chi connectivity index (χ3v) is 3.08. The van der Waals surface area contributed by atoms with Gasteiger partial charge in [-0.1, -0.05) is 12.2 Å². The number of hydrogen-bond donors (Lipinski definition) is 3. The molecule has 1 aliphatic heterocycles. The van der Waals surface area contributed by atoms with Crippen molar-refractivity contribution in [2.75, 3.05) is 11.9 Å². The highest BCUT2D eigenvalue weighted by Gasteiger charge is 2.22. The summed E-state index contributed by atoms with van der Waals surface area (Å²) in [6, 6.07) is 3.37. The summed E-state index contributed by atoms with van der Waals surface area (Å²) in [5, 5.41) is 5.95. The third kappa shape index (κ3) is 2.95. The zero-order valence-corrected chi connectivity index (χ0v) is 11.0. The molecule has 4 N–H and O–H groups in total. The van der Waals surface area contributed by atoms with Crippen molar-refractivity contribution in [3.8, 4) is 0 Å². The smallest absolute Gasteiger partial charge is 0.242 e. The van der Waals surface area contributed by atoms with Crippen molar-refractivity contribution in [1.82, 2.24) is 10.3 Å². The molecule has 0 radical (unpaired) electrons. The van der Waals surface area contributed by atoms with Crippen LogP contribution >= 0.6 is 12.2 Å². The third-order valence-electron chi connectivity index (χ3n) is 2.85. The maximum absolute atomic E-state index is 11.7. The van der Waals surface area contributed by atoms with Gasteiger partial charge < -0.3 is 16.4 Å². The molecule has 1 atom stereocenters. The average Bonchev–Trinajstić information content (AvgIpc) is 2.31. The highest BCUT2D eigenvalue weighted by molar-refractivity contribution is 7.80. The number of carbonyl (C=O) groups is 1. The first-order valence-corrected chi connectivity index (χ1v) is 6.30. The fourth-order valence-electron chi connectivity index (χ4n) is 1.97. The minimum atomic E-state index is -0.229. The molecule has 0 spiro atoms. The molecular weight excluding hydrogens is 248 g/mol. The van der Waals surface area contributed by atoms with Crippen LogP contribution in [0.25, 0.3) is 0 Å². The lowest BCUT2D eigenvalue weighted by Crippen LogP contribution is -2.44. The summed E-state index contributed by atoms with van der Waals surface area (Å²) in [5.41, 5.74) is 7.19. The molecule has 18 heavy (non-hydrogen) atoms. The molecule has 1 saturated heterocycles. The van der Waals surface area contributed by atoms with Crippen LogP contribution in [0.1, 0.15) is 24.1 Å². The van der Waals surface area contributed by atoms with Gasteiger partial charge in [-0.05, 0) is 31.9 Å². The minimum absolute atomic E-state index is 0.0152. The lowest BCUT2D eigenvalue weighted by Gasteiger charge is -2.23. The molecule has 1 unspecified atom stereocenters. The van der Waals surface area contributed by atoms with Crippen molar-refractivity contribution in [3.63, 3.8) is 0 Å². The Morgan fingerprint density at radius 2 is 2.39 bits per heavy atom.